The Morgan fingerprint density at radius 2 is 1.72 bits per heavy atom. The first-order valence-electron chi connectivity index (χ1n) is 8.07. The number of hydrogen-bond acceptors (Lipinski definition) is 4. The van der Waals surface area contributed by atoms with Crippen LogP contribution in [-0.4, -0.2) is 27.1 Å². The van der Waals surface area contributed by atoms with Gasteiger partial charge in [0.05, 0.1) is 11.4 Å². The summed E-state index contributed by atoms with van der Waals surface area (Å²) in [5, 5.41) is 5.97. The first-order chi connectivity index (χ1) is 11.7. The Bertz CT molecular complexity index is 859. The topological polar surface area (TPSA) is 75.3 Å². The van der Waals surface area contributed by atoms with Crippen LogP contribution in [0.3, 0.4) is 0 Å². The highest BCUT2D eigenvalue weighted by atomic mass is 32.2. The molecule has 134 valence electrons. The summed E-state index contributed by atoms with van der Waals surface area (Å²) in [4.78, 5) is 12.3. The number of amides is 1. The molecule has 1 amide bonds. The molecule has 1 atom stereocenters. The van der Waals surface area contributed by atoms with E-state index in [-0.39, 0.29) is 23.4 Å². The largest absolute Gasteiger partial charge is 0.325 e. The van der Waals surface area contributed by atoms with Crippen LogP contribution in [0, 0.1) is 13.8 Å². The highest BCUT2D eigenvalue weighted by Gasteiger charge is 2.11. The van der Waals surface area contributed by atoms with Gasteiger partial charge in [-0.2, -0.15) is 0 Å². The van der Waals surface area contributed by atoms with E-state index in [9.17, 15) is 13.2 Å². The third-order valence-electron chi connectivity index (χ3n) is 4.04. The maximum Gasteiger partial charge on any atom is 0.238 e. The molecule has 0 unspecified atom stereocenters. The molecule has 0 aromatic heterocycles. The molecule has 25 heavy (non-hydrogen) atoms. The fraction of sp³-hybridized carbons (Fsp3) is 0.316. The lowest BCUT2D eigenvalue weighted by Crippen LogP contribution is -2.30. The Balaban J connectivity index is 1.93. The van der Waals surface area contributed by atoms with Crippen molar-refractivity contribution in [2.45, 2.75) is 31.7 Å². The Morgan fingerprint density at radius 1 is 1.08 bits per heavy atom. The zero-order chi connectivity index (χ0) is 18.6. The second kappa shape index (κ2) is 7.80. The first kappa shape index (κ1) is 19.1. The molecule has 0 saturated carbocycles. The quantitative estimate of drug-likeness (QED) is 0.830. The van der Waals surface area contributed by atoms with E-state index in [0.29, 0.717) is 5.69 Å². The van der Waals surface area contributed by atoms with Crippen molar-refractivity contribution in [1.82, 2.24) is 5.32 Å². The maximum absolute atomic E-state index is 12.1. The lowest BCUT2D eigenvalue weighted by Gasteiger charge is -2.17. The summed E-state index contributed by atoms with van der Waals surface area (Å²) in [5.74, 6) is -0.177. The minimum atomic E-state index is -3.23. The molecule has 0 aliphatic heterocycles. The van der Waals surface area contributed by atoms with E-state index in [0.717, 1.165) is 6.26 Å². The van der Waals surface area contributed by atoms with E-state index < -0.39 is 9.84 Å². The van der Waals surface area contributed by atoms with Crippen LogP contribution in [0.1, 0.15) is 29.7 Å². The van der Waals surface area contributed by atoms with Crippen LogP contribution in [0.15, 0.2) is 47.4 Å². The summed E-state index contributed by atoms with van der Waals surface area (Å²) >= 11 is 0. The third kappa shape index (κ3) is 5.41. The van der Waals surface area contributed by atoms with Gasteiger partial charge in [0.15, 0.2) is 9.84 Å². The van der Waals surface area contributed by atoms with Crippen molar-refractivity contribution in [3.63, 3.8) is 0 Å². The average molecular weight is 360 g/mol. The van der Waals surface area contributed by atoms with Gasteiger partial charge in [0.1, 0.15) is 0 Å². The van der Waals surface area contributed by atoms with Crippen molar-refractivity contribution in [2.24, 2.45) is 0 Å². The van der Waals surface area contributed by atoms with Crippen LogP contribution in [-0.2, 0) is 14.6 Å². The zero-order valence-corrected chi connectivity index (χ0v) is 15.8. The fourth-order valence-electron chi connectivity index (χ4n) is 2.57. The number of benzene rings is 2. The molecule has 0 heterocycles. The second-order valence-electron chi connectivity index (χ2n) is 6.31. The normalized spacial score (nSPS) is 12.6. The average Bonchev–Trinajstić information content (AvgIpc) is 2.54. The third-order valence-corrected chi connectivity index (χ3v) is 5.16. The van der Waals surface area contributed by atoms with Gasteiger partial charge in [0, 0.05) is 18.0 Å². The fourth-order valence-corrected chi connectivity index (χ4v) is 3.20. The minimum Gasteiger partial charge on any atom is -0.325 e. The van der Waals surface area contributed by atoms with Gasteiger partial charge < -0.3 is 10.6 Å². The van der Waals surface area contributed by atoms with Crippen LogP contribution < -0.4 is 10.6 Å². The van der Waals surface area contributed by atoms with Gasteiger partial charge in [-0.15, -0.1) is 0 Å². The van der Waals surface area contributed by atoms with Gasteiger partial charge in [-0.25, -0.2) is 8.42 Å². The molecule has 0 bridgehead atoms. The molecule has 2 aromatic carbocycles. The zero-order valence-electron chi connectivity index (χ0n) is 15.0. The Kier molecular flexibility index (Phi) is 5.98. The van der Waals surface area contributed by atoms with Gasteiger partial charge in [-0.05, 0) is 56.2 Å². The van der Waals surface area contributed by atoms with Crippen LogP contribution in [0.4, 0.5) is 5.69 Å². The van der Waals surface area contributed by atoms with Gasteiger partial charge >= 0.3 is 0 Å². The molecule has 0 aliphatic rings. The molecule has 0 aliphatic carbocycles. The predicted octanol–water partition coefficient (Wildman–Crippen LogP) is 3.00. The molecule has 6 heteroatoms. The smallest absolute Gasteiger partial charge is 0.238 e. The highest BCUT2D eigenvalue weighted by molar-refractivity contribution is 7.90. The van der Waals surface area contributed by atoms with Crippen molar-refractivity contribution >= 4 is 21.4 Å². The summed E-state index contributed by atoms with van der Waals surface area (Å²) < 4.78 is 22.9. The summed E-state index contributed by atoms with van der Waals surface area (Å²) in [6, 6.07) is 12.5. The van der Waals surface area contributed by atoms with E-state index in [1.54, 1.807) is 12.1 Å². The second-order valence-corrected chi connectivity index (χ2v) is 8.32. The monoisotopic (exact) mass is 360 g/mol. The number of nitrogens with one attached hydrogen (secondary N) is 2. The number of carbonyl (C=O) groups excluding carboxylic acids is 1. The van der Waals surface area contributed by atoms with E-state index in [2.05, 4.69) is 35.8 Å². The molecule has 0 radical (unpaired) electrons. The maximum atomic E-state index is 12.1. The SMILES string of the molecule is Cc1ccc(C)c([C@H](C)NCC(=O)Nc2ccc(S(C)(=O)=O)cc2)c1. The van der Waals surface area contributed by atoms with Crippen LogP contribution in [0.2, 0.25) is 0 Å². The molecule has 2 rings (SSSR count). The molecule has 5 nitrogen and oxygen atoms in total. The van der Waals surface area contributed by atoms with Crippen molar-refractivity contribution < 1.29 is 13.2 Å². The van der Waals surface area contributed by atoms with Crippen LogP contribution in [0.5, 0.6) is 0 Å². The number of anilines is 1. The number of rotatable bonds is 6. The Hall–Kier alpha value is -2.18. The van der Waals surface area contributed by atoms with Gasteiger partial charge in [0.2, 0.25) is 5.91 Å². The predicted molar refractivity (Wildman–Crippen MR) is 101 cm³/mol. The van der Waals surface area contributed by atoms with E-state index in [1.165, 1.54) is 28.8 Å². The van der Waals surface area contributed by atoms with E-state index in [1.807, 2.05) is 13.8 Å². The lowest BCUT2D eigenvalue weighted by molar-refractivity contribution is -0.115. The first-order valence-corrected chi connectivity index (χ1v) is 9.96. The van der Waals surface area contributed by atoms with Gasteiger partial charge in [-0.3, -0.25) is 4.79 Å². The Morgan fingerprint density at radius 3 is 2.32 bits per heavy atom. The molecular formula is C19H24N2O3S. The van der Waals surface area contributed by atoms with Gasteiger partial charge in [0.25, 0.3) is 0 Å². The number of sulfone groups is 1. The van der Waals surface area contributed by atoms with Crippen molar-refractivity contribution in [2.75, 3.05) is 18.1 Å². The molecule has 0 saturated heterocycles. The lowest BCUT2D eigenvalue weighted by atomic mass is 10.00. The summed E-state index contributed by atoms with van der Waals surface area (Å²) in [6.07, 6.45) is 1.15. The Labute approximate surface area is 149 Å². The summed E-state index contributed by atoms with van der Waals surface area (Å²) in [5.41, 5.74) is 4.11. The minimum absolute atomic E-state index is 0.0539. The number of hydrogen-bond donors (Lipinski definition) is 2. The molecule has 0 spiro atoms. The van der Waals surface area contributed by atoms with Crippen LogP contribution >= 0.6 is 0 Å². The van der Waals surface area contributed by atoms with Gasteiger partial charge in [-0.1, -0.05) is 23.8 Å². The standard InChI is InChI=1S/C19H24N2O3S/c1-13-5-6-14(2)18(11-13)15(3)20-12-19(22)21-16-7-9-17(10-8-16)25(4,23)24/h5-11,15,20H,12H2,1-4H3,(H,21,22)/t15-/m0/s1. The molecule has 0 fully saturated rings. The molecule has 2 aromatic rings. The van der Waals surface area contributed by atoms with E-state index >= 15 is 0 Å². The van der Waals surface area contributed by atoms with Crippen molar-refractivity contribution in [3.8, 4) is 0 Å². The summed E-state index contributed by atoms with van der Waals surface area (Å²) in [7, 11) is -3.23. The van der Waals surface area contributed by atoms with Crippen molar-refractivity contribution in [3.05, 3.63) is 59.2 Å². The highest BCUT2D eigenvalue weighted by Crippen LogP contribution is 2.19. The van der Waals surface area contributed by atoms with Crippen molar-refractivity contribution in [1.29, 1.82) is 0 Å². The number of aryl methyl sites for hydroxylation is 2. The van der Waals surface area contributed by atoms with E-state index in [4.69, 9.17) is 0 Å². The number of carbonyl (C=O) groups is 1. The molecule has 2 N–H and O–H groups in total. The molecular weight excluding hydrogens is 336 g/mol. The van der Waals surface area contributed by atoms with Crippen LogP contribution in [0.25, 0.3) is 0 Å². The summed E-state index contributed by atoms with van der Waals surface area (Å²) in [6.45, 7) is 6.29.